The highest BCUT2D eigenvalue weighted by molar-refractivity contribution is 5.95. The van der Waals surface area contributed by atoms with Gasteiger partial charge in [0.1, 0.15) is 6.10 Å². The lowest BCUT2D eigenvalue weighted by Crippen LogP contribution is -2.44. The van der Waals surface area contributed by atoms with Gasteiger partial charge in [-0.05, 0) is 31.9 Å². The van der Waals surface area contributed by atoms with E-state index in [1.165, 1.54) is 6.07 Å². The molecule has 0 spiro atoms. The van der Waals surface area contributed by atoms with Gasteiger partial charge < -0.3 is 9.64 Å². The molecule has 2 heterocycles. The van der Waals surface area contributed by atoms with Crippen LogP contribution in [0.25, 0.3) is 0 Å². The first kappa shape index (κ1) is 16.8. The number of piperidine rings is 1. The van der Waals surface area contributed by atoms with Crippen molar-refractivity contribution in [3.8, 4) is 5.88 Å². The summed E-state index contributed by atoms with van der Waals surface area (Å²) >= 11 is 0. The number of nitro benzene ring substituents is 1. The molecular weight excluding hydrogens is 324 g/mol. The van der Waals surface area contributed by atoms with Crippen LogP contribution in [0.5, 0.6) is 5.88 Å². The molecule has 1 amide bonds. The highest BCUT2D eigenvalue weighted by atomic mass is 16.6. The maximum absolute atomic E-state index is 12.7. The summed E-state index contributed by atoms with van der Waals surface area (Å²) < 4.78 is 5.78. The maximum Gasteiger partial charge on any atom is 0.273 e. The van der Waals surface area contributed by atoms with E-state index in [1.807, 2.05) is 0 Å². The number of aryl methyl sites for hydroxylation is 1. The van der Waals surface area contributed by atoms with Crippen molar-refractivity contribution in [2.75, 3.05) is 13.1 Å². The molecule has 1 atom stereocenters. The molecule has 0 bridgehead atoms. The average Bonchev–Trinajstić information content (AvgIpc) is 2.62. The number of carbonyl (C=O) groups is 1. The molecular formula is C17H18N4O4. The number of amides is 1. The van der Waals surface area contributed by atoms with Crippen LogP contribution in [0.1, 0.15) is 28.8 Å². The Bertz CT molecular complexity index is 781. The predicted molar refractivity (Wildman–Crippen MR) is 89.4 cm³/mol. The first-order chi connectivity index (χ1) is 12.0. The molecule has 0 radical (unpaired) electrons. The van der Waals surface area contributed by atoms with E-state index in [0.717, 1.165) is 12.8 Å². The van der Waals surface area contributed by atoms with Crippen molar-refractivity contribution >= 4 is 11.6 Å². The zero-order valence-electron chi connectivity index (χ0n) is 13.8. The molecule has 1 aromatic carbocycles. The van der Waals surface area contributed by atoms with E-state index in [9.17, 15) is 14.9 Å². The van der Waals surface area contributed by atoms with Crippen molar-refractivity contribution in [2.24, 2.45) is 0 Å². The third-order valence-electron chi connectivity index (χ3n) is 4.15. The summed E-state index contributed by atoms with van der Waals surface area (Å²) in [6.45, 7) is 2.66. The SMILES string of the molecule is Cc1ccc(C(=O)N2CCCC(Oc3cccnn3)C2)cc1[N+](=O)[O-]. The normalized spacial score (nSPS) is 17.2. The van der Waals surface area contributed by atoms with E-state index in [4.69, 9.17) is 4.74 Å². The lowest BCUT2D eigenvalue weighted by atomic mass is 10.0. The Labute approximate surface area is 144 Å². The Kier molecular flexibility index (Phi) is 4.87. The van der Waals surface area contributed by atoms with E-state index in [-0.39, 0.29) is 17.7 Å². The summed E-state index contributed by atoms with van der Waals surface area (Å²) in [7, 11) is 0. The van der Waals surface area contributed by atoms with Gasteiger partial charge in [-0.3, -0.25) is 14.9 Å². The molecule has 0 N–H and O–H groups in total. The van der Waals surface area contributed by atoms with Gasteiger partial charge in [0.25, 0.3) is 11.6 Å². The van der Waals surface area contributed by atoms with E-state index in [2.05, 4.69) is 10.2 Å². The number of rotatable bonds is 4. The molecule has 1 saturated heterocycles. The summed E-state index contributed by atoms with van der Waals surface area (Å²) in [5.41, 5.74) is 0.803. The van der Waals surface area contributed by atoms with Gasteiger partial charge in [-0.1, -0.05) is 6.07 Å². The minimum Gasteiger partial charge on any atom is -0.471 e. The van der Waals surface area contributed by atoms with Gasteiger partial charge in [-0.25, -0.2) is 0 Å². The number of benzene rings is 1. The van der Waals surface area contributed by atoms with Gasteiger partial charge >= 0.3 is 0 Å². The molecule has 1 aliphatic heterocycles. The summed E-state index contributed by atoms with van der Waals surface area (Å²) in [5.74, 6) is 0.198. The lowest BCUT2D eigenvalue weighted by Gasteiger charge is -2.32. The molecule has 0 saturated carbocycles. The standard InChI is InChI=1S/C17H18N4O4/c1-12-6-7-13(10-15(12)21(23)24)17(22)20-9-3-4-14(11-20)25-16-5-2-8-18-19-16/h2,5-8,10,14H,3-4,9,11H2,1H3. The third-order valence-corrected chi connectivity index (χ3v) is 4.15. The van der Waals surface area contributed by atoms with Crippen molar-refractivity contribution in [2.45, 2.75) is 25.9 Å². The minimum atomic E-state index is -0.470. The number of hydrogen-bond donors (Lipinski definition) is 0. The molecule has 3 rings (SSSR count). The van der Waals surface area contributed by atoms with Gasteiger partial charge in [-0.15, -0.1) is 5.10 Å². The van der Waals surface area contributed by atoms with Gasteiger partial charge in [-0.2, -0.15) is 5.10 Å². The smallest absolute Gasteiger partial charge is 0.273 e. The first-order valence-electron chi connectivity index (χ1n) is 8.03. The number of likely N-dealkylation sites (tertiary alicyclic amines) is 1. The third kappa shape index (κ3) is 3.90. The fourth-order valence-electron chi connectivity index (χ4n) is 2.86. The van der Waals surface area contributed by atoms with E-state index in [0.29, 0.717) is 30.1 Å². The number of carbonyl (C=O) groups excluding carboxylic acids is 1. The van der Waals surface area contributed by atoms with Crippen molar-refractivity contribution < 1.29 is 14.5 Å². The predicted octanol–water partition coefficient (Wildman–Crippen LogP) is 2.38. The largest absolute Gasteiger partial charge is 0.471 e. The fourth-order valence-corrected chi connectivity index (χ4v) is 2.86. The van der Waals surface area contributed by atoms with Gasteiger partial charge in [0.15, 0.2) is 0 Å². The molecule has 2 aromatic rings. The minimum absolute atomic E-state index is 0.0461. The fraction of sp³-hybridized carbons (Fsp3) is 0.353. The van der Waals surface area contributed by atoms with Crippen LogP contribution in [0.4, 0.5) is 5.69 Å². The van der Waals surface area contributed by atoms with Crippen molar-refractivity contribution in [1.82, 2.24) is 15.1 Å². The zero-order valence-corrected chi connectivity index (χ0v) is 13.8. The highest BCUT2D eigenvalue weighted by Gasteiger charge is 2.27. The zero-order chi connectivity index (χ0) is 17.8. The summed E-state index contributed by atoms with van der Waals surface area (Å²) in [6.07, 6.45) is 3.00. The van der Waals surface area contributed by atoms with Crippen molar-refractivity contribution in [3.05, 3.63) is 57.8 Å². The molecule has 1 aromatic heterocycles. The van der Waals surface area contributed by atoms with Gasteiger partial charge in [0.05, 0.1) is 11.5 Å². The number of ether oxygens (including phenoxy) is 1. The second kappa shape index (κ2) is 7.25. The molecule has 0 aliphatic carbocycles. The molecule has 25 heavy (non-hydrogen) atoms. The number of nitro groups is 1. The Morgan fingerprint density at radius 2 is 2.24 bits per heavy atom. The monoisotopic (exact) mass is 342 g/mol. The average molecular weight is 342 g/mol. The Balaban J connectivity index is 1.72. The van der Waals surface area contributed by atoms with Crippen LogP contribution in [0.15, 0.2) is 36.5 Å². The van der Waals surface area contributed by atoms with Gasteiger partial charge in [0.2, 0.25) is 5.88 Å². The van der Waals surface area contributed by atoms with Crippen LogP contribution in [0.3, 0.4) is 0 Å². The van der Waals surface area contributed by atoms with Crippen LogP contribution >= 0.6 is 0 Å². The first-order valence-corrected chi connectivity index (χ1v) is 8.03. The molecule has 130 valence electrons. The quantitative estimate of drug-likeness (QED) is 0.625. The molecule has 1 fully saturated rings. The lowest BCUT2D eigenvalue weighted by molar-refractivity contribution is -0.385. The van der Waals surface area contributed by atoms with E-state index in [1.54, 1.807) is 42.3 Å². The Morgan fingerprint density at radius 1 is 1.40 bits per heavy atom. The Morgan fingerprint density at radius 3 is 2.96 bits per heavy atom. The second-order valence-corrected chi connectivity index (χ2v) is 5.95. The number of aromatic nitrogens is 2. The topological polar surface area (TPSA) is 98.5 Å². The van der Waals surface area contributed by atoms with Crippen LogP contribution in [0.2, 0.25) is 0 Å². The molecule has 1 aliphatic rings. The highest BCUT2D eigenvalue weighted by Crippen LogP contribution is 2.22. The molecule has 1 unspecified atom stereocenters. The van der Waals surface area contributed by atoms with Crippen LogP contribution in [-0.4, -0.2) is 45.1 Å². The second-order valence-electron chi connectivity index (χ2n) is 5.95. The summed E-state index contributed by atoms with van der Waals surface area (Å²) in [5, 5.41) is 18.7. The summed E-state index contributed by atoms with van der Waals surface area (Å²) in [4.78, 5) is 25.0. The van der Waals surface area contributed by atoms with Crippen LogP contribution < -0.4 is 4.74 Å². The summed E-state index contributed by atoms with van der Waals surface area (Å²) in [6, 6.07) is 8.02. The van der Waals surface area contributed by atoms with Crippen molar-refractivity contribution in [3.63, 3.8) is 0 Å². The van der Waals surface area contributed by atoms with E-state index >= 15 is 0 Å². The Hall–Kier alpha value is -3.03. The number of nitrogens with zero attached hydrogens (tertiary/aromatic N) is 4. The van der Waals surface area contributed by atoms with Crippen LogP contribution in [0, 0.1) is 17.0 Å². The van der Waals surface area contributed by atoms with Gasteiger partial charge in [0, 0.05) is 36.0 Å². The number of hydrogen-bond acceptors (Lipinski definition) is 6. The van der Waals surface area contributed by atoms with Crippen molar-refractivity contribution in [1.29, 1.82) is 0 Å². The van der Waals surface area contributed by atoms with Crippen LogP contribution in [-0.2, 0) is 0 Å². The molecule has 8 nitrogen and oxygen atoms in total. The maximum atomic E-state index is 12.7. The van der Waals surface area contributed by atoms with E-state index < -0.39 is 4.92 Å². The molecule has 8 heteroatoms.